The van der Waals surface area contributed by atoms with Crippen molar-refractivity contribution in [1.29, 1.82) is 5.26 Å². The fourth-order valence-electron chi connectivity index (χ4n) is 2.21. The molecule has 0 saturated carbocycles. The molecule has 6 nitrogen and oxygen atoms in total. The van der Waals surface area contributed by atoms with Crippen molar-refractivity contribution < 1.29 is 0 Å². The van der Waals surface area contributed by atoms with Crippen molar-refractivity contribution in [3.05, 3.63) is 40.7 Å². The van der Waals surface area contributed by atoms with Crippen LogP contribution in [0.2, 0.25) is 0 Å². The Morgan fingerprint density at radius 1 is 1.30 bits per heavy atom. The van der Waals surface area contributed by atoms with E-state index in [1.54, 1.807) is 6.20 Å². The van der Waals surface area contributed by atoms with Gasteiger partial charge in [0.05, 0.1) is 29.0 Å². The standard InChI is InChI=1S/C14H13N5O/c1-2-8(6-15)13-16-7-12(17-13)9-3-4-10-11(5-9)19-14(20)18-10/h3-5,7-8H,2H2,1H3,(H,16,17)(H2,18,19,20). The molecule has 0 bridgehead atoms. The second kappa shape index (κ2) is 4.70. The summed E-state index contributed by atoms with van der Waals surface area (Å²) in [5.41, 5.74) is 3.04. The summed E-state index contributed by atoms with van der Waals surface area (Å²) in [6, 6.07) is 7.83. The topological polar surface area (TPSA) is 101 Å². The van der Waals surface area contributed by atoms with Crippen molar-refractivity contribution >= 4 is 11.0 Å². The van der Waals surface area contributed by atoms with Gasteiger partial charge in [-0.15, -0.1) is 0 Å². The molecular formula is C14H13N5O. The van der Waals surface area contributed by atoms with Crippen molar-refractivity contribution in [3.63, 3.8) is 0 Å². The number of benzene rings is 1. The Hall–Kier alpha value is -2.81. The SMILES string of the molecule is CCC(C#N)c1ncc(-c2ccc3[nH]c(=O)[nH]c3c2)[nH]1. The molecule has 0 fully saturated rings. The van der Waals surface area contributed by atoms with E-state index in [1.807, 2.05) is 25.1 Å². The van der Waals surface area contributed by atoms with E-state index in [0.717, 1.165) is 22.3 Å². The lowest BCUT2D eigenvalue weighted by Gasteiger charge is -2.01. The Morgan fingerprint density at radius 2 is 2.10 bits per heavy atom. The van der Waals surface area contributed by atoms with Crippen molar-refractivity contribution in [3.8, 4) is 17.3 Å². The zero-order chi connectivity index (χ0) is 14.1. The summed E-state index contributed by atoms with van der Waals surface area (Å²) in [4.78, 5) is 24.1. The fraction of sp³-hybridized carbons (Fsp3) is 0.214. The van der Waals surface area contributed by atoms with Crippen molar-refractivity contribution in [2.24, 2.45) is 0 Å². The van der Waals surface area contributed by atoms with Crippen LogP contribution in [-0.4, -0.2) is 19.9 Å². The number of aromatic nitrogens is 4. The number of aromatic amines is 3. The highest BCUT2D eigenvalue weighted by atomic mass is 16.1. The Balaban J connectivity index is 2.02. The number of nitrogens with zero attached hydrogens (tertiary/aromatic N) is 2. The number of H-pyrrole nitrogens is 3. The fourth-order valence-corrected chi connectivity index (χ4v) is 2.21. The van der Waals surface area contributed by atoms with Gasteiger partial charge in [0.2, 0.25) is 0 Å². The van der Waals surface area contributed by atoms with Crippen LogP contribution in [0.4, 0.5) is 0 Å². The molecule has 2 heterocycles. The molecule has 0 saturated heterocycles. The quantitative estimate of drug-likeness (QED) is 0.678. The summed E-state index contributed by atoms with van der Waals surface area (Å²) in [5, 5.41) is 9.05. The smallest absolute Gasteiger partial charge is 0.323 e. The Bertz CT molecular complexity index is 848. The molecule has 0 radical (unpaired) electrons. The van der Waals surface area contributed by atoms with E-state index in [9.17, 15) is 4.79 Å². The molecular weight excluding hydrogens is 254 g/mol. The van der Waals surface area contributed by atoms with Crippen molar-refractivity contribution in [1.82, 2.24) is 19.9 Å². The molecule has 0 aliphatic carbocycles. The predicted octanol–water partition coefficient (Wildman–Crippen LogP) is 2.26. The lowest BCUT2D eigenvalue weighted by molar-refractivity contribution is 0.766. The van der Waals surface area contributed by atoms with Crippen LogP contribution in [0.1, 0.15) is 25.1 Å². The minimum Gasteiger partial charge on any atom is -0.341 e. The summed E-state index contributed by atoms with van der Waals surface area (Å²) in [7, 11) is 0. The minimum atomic E-state index is -0.224. The molecule has 2 aromatic heterocycles. The molecule has 3 aromatic rings. The second-order valence-corrected chi connectivity index (χ2v) is 4.61. The molecule has 1 aromatic carbocycles. The van der Waals surface area contributed by atoms with Crippen LogP contribution in [-0.2, 0) is 0 Å². The van der Waals surface area contributed by atoms with Gasteiger partial charge in [-0.1, -0.05) is 13.0 Å². The summed E-state index contributed by atoms with van der Waals surface area (Å²) in [6.45, 7) is 1.95. The largest absolute Gasteiger partial charge is 0.341 e. The van der Waals surface area contributed by atoms with Gasteiger partial charge in [0, 0.05) is 5.56 Å². The summed E-state index contributed by atoms with van der Waals surface area (Å²) in [5.74, 6) is 0.451. The van der Waals surface area contributed by atoms with E-state index in [-0.39, 0.29) is 11.6 Å². The molecule has 3 N–H and O–H groups in total. The van der Waals surface area contributed by atoms with E-state index < -0.39 is 0 Å². The first-order valence-corrected chi connectivity index (χ1v) is 6.38. The molecule has 20 heavy (non-hydrogen) atoms. The molecule has 0 aliphatic heterocycles. The lowest BCUT2D eigenvalue weighted by atomic mass is 10.1. The summed E-state index contributed by atoms with van der Waals surface area (Å²) < 4.78 is 0. The third-order valence-corrected chi connectivity index (χ3v) is 3.32. The van der Waals surface area contributed by atoms with Crippen molar-refractivity contribution in [2.45, 2.75) is 19.3 Å². The second-order valence-electron chi connectivity index (χ2n) is 4.61. The third kappa shape index (κ3) is 1.99. The van der Waals surface area contributed by atoms with Gasteiger partial charge < -0.3 is 15.0 Å². The first kappa shape index (κ1) is 12.2. The molecule has 0 spiro atoms. The highest BCUT2D eigenvalue weighted by molar-refractivity contribution is 5.80. The summed E-state index contributed by atoms with van der Waals surface area (Å²) >= 11 is 0. The van der Waals surface area contributed by atoms with E-state index in [4.69, 9.17) is 5.26 Å². The average molecular weight is 267 g/mol. The zero-order valence-electron chi connectivity index (χ0n) is 10.9. The van der Waals surface area contributed by atoms with Gasteiger partial charge in [-0.2, -0.15) is 5.26 Å². The molecule has 6 heteroatoms. The van der Waals surface area contributed by atoms with Crippen LogP contribution in [0.5, 0.6) is 0 Å². The maximum Gasteiger partial charge on any atom is 0.323 e. The van der Waals surface area contributed by atoms with E-state index >= 15 is 0 Å². The van der Waals surface area contributed by atoms with Gasteiger partial charge in [-0.25, -0.2) is 9.78 Å². The Labute approximate surface area is 114 Å². The van der Waals surface area contributed by atoms with Crippen LogP contribution < -0.4 is 5.69 Å². The van der Waals surface area contributed by atoms with Crippen LogP contribution in [0, 0.1) is 11.3 Å². The van der Waals surface area contributed by atoms with Crippen LogP contribution in [0.3, 0.4) is 0 Å². The molecule has 0 amide bonds. The molecule has 100 valence electrons. The average Bonchev–Trinajstić information content (AvgIpc) is 3.05. The third-order valence-electron chi connectivity index (χ3n) is 3.32. The van der Waals surface area contributed by atoms with Gasteiger partial charge in [-0.05, 0) is 18.6 Å². The van der Waals surface area contributed by atoms with E-state index in [2.05, 4.69) is 26.0 Å². The maximum absolute atomic E-state index is 11.2. The molecule has 1 unspecified atom stereocenters. The molecule has 3 rings (SSSR count). The Morgan fingerprint density at radius 3 is 2.85 bits per heavy atom. The first-order valence-electron chi connectivity index (χ1n) is 6.38. The van der Waals surface area contributed by atoms with Gasteiger partial charge in [0.25, 0.3) is 0 Å². The number of nitrogens with one attached hydrogen (secondary N) is 3. The monoisotopic (exact) mass is 267 g/mol. The van der Waals surface area contributed by atoms with Crippen LogP contribution in [0.15, 0.2) is 29.2 Å². The zero-order valence-corrected chi connectivity index (χ0v) is 10.9. The number of fused-ring (bicyclic) bond motifs is 1. The summed E-state index contributed by atoms with van der Waals surface area (Å²) in [6.07, 6.45) is 2.43. The van der Waals surface area contributed by atoms with E-state index in [1.165, 1.54) is 0 Å². The number of hydrogen-bond donors (Lipinski definition) is 3. The van der Waals surface area contributed by atoms with Gasteiger partial charge in [-0.3, -0.25) is 0 Å². The normalized spacial score (nSPS) is 12.4. The molecule has 1 atom stereocenters. The van der Waals surface area contributed by atoms with Crippen LogP contribution in [0.25, 0.3) is 22.3 Å². The molecule has 0 aliphatic rings. The number of nitriles is 1. The number of rotatable bonds is 3. The minimum absolute atomic E-state index is 0.223. The highest BCUT2D eigenvalue weighted by Crippen LogP contribution is 2.23. The van der Waals surface area contributed by atoms with Gasteiger partial charge in [0.15, 0.2) is 0 Å². The van der Waals surface area contributed by atoms with Crippen LogP contribution >= 0.6 is 0 Å². The predicted molar refractivity (Wildman–Crippen MR) is 75.1 cm³/mol. The maximum atomic E-state index is 11.2. The Kier molecular flexibility index (Phi) is 2.88. The van der Waals surface area contributed by atoms with E-state index in [0.29, 0.717) is 12.2 Å². The van der Waals surface area contributed by atoms with Gasteiger partial charge >= 0.3 is 5.69 Å². The highest BCUT2D eigenvalue weighted by Gasteiger charge is 2.13. The first-order chi connectivity index (χ1) is 9.71. The van der Waals surface area contributed by atoms with Gasteiger partial charge in [0.1, 0.15) is 11.7 Å². The number of hydrogen-bond acceptors (Lipinski definition) is 3. The number of imidazole rings is 2. The lowest BCUT2D eigenvalue weighted by Crippen LogP contribution is -1.99. The van der Waals surface area contributed by atoms with Crippen molar-refractivity contribution in [2.75, 3.05) is 0 Å².